The van der Waals surface area contributed by atoms with Crippen molar-refractivity contribution < 1.29 is 4.42 Å². The summed E-state index contributed by atoms with van der Waals surface area (Å²) in [6, 6.07) is 0. The lowest BCUT2D eigenvalue weighted by molar-refractivity contribution is 0.558. The zero-order valence-corrected chi connectivity index (χ0v) is 5.79. The summed E-state index contributed by atoms with van der Waals surface area (Å²) in [5, 5.41) is 0. The van der Waals surface area contributed by atoms with Gasteiger partial charge in [0.25, 0.3) is 0 Å². The first-order valence-electron chi connectivity index (χ1n) is 3.02. The Morgan fingerprint density at radius 1 is 0.727 bits per heavy atom. The summed E-state index contributed by atoms with van der Waals surface area (Å²) in [6.07, 6.45) is 11.0. The van der Waals surface area contributed by atoms with Gasteiger partial charge in [0.2, 0.25) is 0 Å². The van der Waals surface area contributed by atoms with Gasteiger partial charge in [0.15, 0.2) is 6.39 Å². The smallest absolute Gasteiger partial charge is 0.180 e. The van der Waals surface area contributed by atoms with Gasteiger partial charge in [-0.1, -0.05) is 0 Å². The third kappa shape index (κ3) is 3.80. The van der Waals surface area contributed by atoms with Gasteiger partial charge in [0, 0.05) is 24.8 Å². The maximum absolute atomic E-state index is 4.47. The average molecular weight is 149 g/mol. The second-order valence-electron chi connectivity index (χ2n) is 1.57. The van der Waals surface area contributed by atoms with Gasteiger partial charge in [-0.25, -0.2) is 4.98 Å². The van der Waals surface area contributed by atoms with E-state index in [1.165, 1.54) is 12.7 Å². The molecule has 0 radical (unpaired) electrons. The molecule has 0 atom stereocenters. The van der Waals surface area contributed by atoms with Crippen molar-refractivity contribution in [2.24, 2.45) is 0 Å². The van der Waals surface area contributed by atoms with Crippen LogP contribution in [0.1, 0.15) is 0 Å². The topological polar surface area (TPSA) is 51.8 Å². The lowest BCUT2D eigenvalue weighted by Crippen LogP contribution is -1.66. The van der Waals surface area contributed by atoms with E-state index in [0.717, 1.165) is 0 Å². The molecule has 2 rings (SSSR count). The molecule has 0 unspecified atom stereocenters. The molecule has 0 aromatic carbocycles. The van der Waals surface area contributed by atoms with Gasteiger partial charge in [-0.05, 0) is 0 Å². The van der Waals surface area contributed by atoms with Crippen LogP contribution in [0.3, 0.4) is 0 Å². The number of oxazole rings is 1. The van der Waals surface area contributed by atoms with Crippen molar-refractivity contribution in [3.05, 3.63) is 43.6 Å². The molecular weight excluding hydrogens is 142 g/mol. The Morgan fingerprint density at radius 2 is 1.36 bits per heavy atom. The Balaban J connectivity index is 0.000000112. The van der Waals surface area contributed by atoms with Crippen LogP contribution in [-0.2, 0) is 0 Å². The number of hydrogen-bond donors (Lipinski definition) is 0. The number of hydrogen-bond acceptors (Lipinski definition) is 4. The maximum atomic E-state index is 4.47. The zero-order chi connectivity index (χ0) is 7.78. The molecule has 0 N–H and O–H groups in total. The fourth-order valence-corrected chi connectivity index (χ4v) is 0.429. The van der Waals surface area contributed by atoms with Gasteiger partial charge < -0.3 is 4.42 Å². The Labute approximate surface area is 63.9 Å². The second-order valence-corrected chi connectivity index (χ2v) is 1.57. The largest absolute Gasteiger partial charge is 0.452 e. The lowest BCUT2D eigenvalue weighted by atomic mass is 10.8. The highest BCUT2D eigenvalue weighted by molar-refractivity contribution is 4.70. The first-order valence-corrected chi connectivity index (χ1v) is 3.02. The number of nitrogens with zero attached hydrogens (tertiary/aromatic N) is 3. The first-order chi connectivity index (χ1) is 5.50. The highest BCUT2D eigenvalue weighted by Crippen LogP contribution is 1.72. The van der Waals surface area contributed by atoms with E-state index in [0.29, 0.717) is 0 Å². The normalized spacial score (nSPS) is 8.00. The molecule has 0 bridgehead atoms. The monoisotopic (exact) mass is 149 g/mol. The summed E-state index contributed by atoms with van der Waals surface area (Å²) >= 11 is 0. The molecule has 0 spiro atoms. The van der Waals surface area contributed by atoms with Crippen LogP contribution >= 0.6 is 0 Å². The summed E-state index contributed by atoms with van der Waals surface area (Å²) in [6.45, 7) is 0. The zero-order valence-electron chi connectivity index (χ0n) is 5.79. The van der Waals surface area contributed by atoms with Crippen LogP contribution in [0.5, 0.6) is 0 Å². The Morgan fingerprint density at radius 3 is 1.55 bits per heavy atom. The number of rotatable bonds is 0. The van der Waals surface area contributed by atoms with E-state index in [2.05, 4.69) is 19.4 Å². The van der Waals surface area contributed by atoms with Crippen molar-refractivity contribution in [2.75, 3.05) is 0 Å². The third-order valence-corrected chi connectivity index (χ3v) is 0.825. The van der Waals surface area contributed by atoms with Crippen molar-refractivity contribution in [1.82, 2.24) is 15.0 Å². The minimum Gasteiger partial charge on any atom is -0.452 e. The molecule has 2 aromatic heterocycles. The highest BCUT2D eigenvalue weighted by atomic mass is 16.3. The van der Waals surface area contributed by atoms with E-state index in [-0.39, 0.29) is 0 Å². The third-order valence-electron chi connectivity index (χ3n) is 0.825. The van der Waals surface area contributed by atoms with Crippen LogP contribution in [0.15, 0.2) is 48.1 Å². The lowest BCUT2D eigenvalue weighted by Gasteiger charge is -1.70. The van der Waals surface area contributed by atoms with Crippen molar-refractivity contribution >= 4 is 0 Å². The molecule has 56 valence electrons. The molecule has 0 saturated carbocycles. The Hall–Kier alpha value is -1.71. The molecule has 0 aliphatic carbocycles. The Bertz CT molecular complexity index is 200. The number of aromatic nitrogens is 3. The van der Waals surface area contributed by atoms with E-state index in [9.17, 15) is 0 Å². The maximum Gasteiger partial charge on any atom is 0.180 e. The quantitative estimate of drug-likeness (QED) is 0.563. The first kappa shape index (κ1) is 7.40. The van der Waals surface area contributed by atoms with Gasteiger partial charge in [-0.2, -0.15) is 0 Å². The molecule has 2 heterocycles. The SMILES string of the molecule is c1cnccn1.c1cocn1. The van der Waals surface area contributed by atoms with Gasteiger partial charge in [0.05, 0.1) is 6.20 Å². The predicted octanol–water partition coefficient (Wildman–Crippen LogP) is 1.15. The highest BCUT2D eigenvalue weighted by Gasteiger charge is 1.59. The van der Waals surface area contributed by atoms with Gasteiger partial charge in [0.1, 0.15) is 6.26 Å². The molecule has 4 nitrogen and oxygen atoms in total. The van der Waals surface area contributed by atoms with Crippen molar-refractivity contribution in [1.29, 1.82) is 0 Å². The molecule has 0 aliphatic heterocycles. The predicted molar refractivity (Wildman–Crippen MR) is 38.5 cm³/mol. The van der Waals surface area contributed by atoms with Gasteiger partial charge in [-0.3, -0.25) is 9.97 Å². The van der Waals surface area contributed by atoms with Crippen LogP contribution in [0, 0.1) is 0 Å². The molecular formula is C7H7N3O. The summed E-state index contributed by atoms with van der Waals surface area (Å²) in [5.41, 5.74) is 0. The van der Waals surface area contributed by atoms with Crippen molar-refractivity contribution in [3.63, 3.8) is 0 Å². The molecule has 0 aliphatic rings. The van der Waals surface area contributed by atoms with Gasteiger partial charge in [-0.15, -0.1) is 0 Å². The van der Waals surface area contributed by atoms with E-state index in [1.807, 2.05) is 0 Å². The molecule has 0 saturated heterocycles. The molecule has 0 fully saturated rings. The molecule has 4 heteroatoms. The molecule has 0 amide bonds. The summed E-state index contributed by atoms with van der Waals surface area (Å²) in [7, 11) is 0. The van der Waals surface area contributed by atoms with Crippen LogP contribution in [0.4, 0.5) is 0 Å². The average Bonchev–Trinajstić information content (AvgIpc) is 2.64. The van der Waals surface area contributed by atoms with E-state index in [4.69, 9.17) is 0 Å². The molecule has 2 aromatic rings. The van der Waals surface area contributed by atoms with Crippen LogP contribution in [-0.4, -0.2) is 15.0 Å². The molecule has 11 heavy (non-hydrogen) atoms. The van der Waals surface area contributed by atoms with Crippen molar-refractivity contribution in [2.45, 2.75) is 0 Å². The minimum absolute atomic E-state index is 1.38. The van der Waals surface area contributed by atoms with Crippen LogP contribution < -0.4 is 0 Å². The summed E-state index contributed by atoms with van der Waals surface area (Å²) in [4.78, 5) is 11.0. The fourth-order valence-electron chi connectivity index (χ4n) is 0.429. The van der Waals surface area contributed by atoms with E-state index >= 15 is 0 Å². The van der Waals surface area contributed by atoms with Crippen LogP contribution in [0.25, 0.3) is 0 Å². The summed E-state index contributed by atoms with van der Waals surface area (Å²) < 4.78 is 4.47. The standard InChI is InChI=1S/C4H4N2.C3H3NO/c1-2-6-4-3-5-1;1-2-5-3-4-1/h1-4H;1-3H. The van der Waals surface area contributed by atoms with Crippen molar-refractivity contribution in [3.8, 4) is 0 Å². The van der Waals surface area contributed by atoms with E-state index in [1.54, 1.807) is 31.0 Å². The Kier molecular flexibility index (Phi) is 3.43. The minimum atomic E-state index is 1.38. The van der Waals surface area contributed by atoms with Gasteiger partial charge >= 0.3 is 0 Å². The summed E-state index contributed by atoms with van der Waals surface area (Å²) in [5.74, 6) is 0. The second kappa shape index (κ2) is 5.10. The van der Waals surface area contributed by atoms with Crippen LogP contribution in [0.2, 0.25) is 0 Å². The fraction of sp³-hybridized carbons (Fsp3) is 0. The van der Waals surface area contributed by atoms with E-state index < -0.39 is 0 Å².